The molecule has 6 nitrogen and oxygen atoms in total. The Labute approximate surface area is 119 Å². The van der Waals surface area contributed by atoms with Crippen molar-refractivity contribution >= 4 is 0 Å². The SMILES string of the molecule is C=C(O)NCC1C(C)([n+]2ccccc2C)[N+]1(OC)OC. The Balaban J connectivity index is 2.37. The Kier molecular flexibility index (Phi) is 3.73. The molecule has 20 heavy (non-hydrogen) atoms. The van der Waals surface area contributed by atoms with Crippen molar-refractivity contribution in [2.24, 2.45) is 0 Å². The van der Waals surface area contributed by atoms with Crippen molar-refractivity contribution < 1.29 is 24.2 Å². The Morgan fingerprint density at radius 2 is 2.15 bits per heavy atom. The molecule has 2 unspecified atom stereocenters. The molecule has 0 saturated carbocycles. The van der Waals surface area contributed by atoms with Gasteiger partial charge in [-0.2, -0.15) is 9.68 Å². The Hall–Kier alpha value is -1.63. The molecular weight excluding hydrogens is 258 g/mol. The zero-order chi connectivity index (χ0) is 15.0. The van der Waals surface area contributed by atoms with E-state index >= 15 is 0 Å². The molecule has 2 heterocycles. The van der Waals surface area contributed by atoms with Crippen molar-refractivity contribution in [2.75, 3.05) is 20.8 Å². The summed E-state index contributed by atoms with van der Waals surface area (Å²) in [6, 6.07) is 6.01. The van der Waals surface area contributed by atoms with Gasteiger partial charge in [0.15, 0.2) is 17.8 Å². The molecule has 110 valence electrons. The molecule has 1 saturated heterocycles. The fourth-order valence-electron chi connectivity index (χ4n) is 3.13. The maximum Gasteiger partial charge on any atom is 0.411 e. The normalized spacial score (nSPS) is 27.1. The number of aliphatic hydroxyl groups is 1. The minimum Gasteiger partial charge on any atom is -0.495 e. The third kappa shape index (κ3) is 1.88. The summed E-state index contributed by atoms with van der Waals surface area (Å²) >= 11 is 0. The average Bonchev–Trinajstić information content (AvgIpc) is 2.96. The van der Waals surface area contributed by atoms with Crippen LogP contribution in [0, 0.1) is 6.92 Å². The van der Waals surface area contributed by atoms with Gasteiger partial charge in [-0.1, -0.05) is 6.07 Å². The largest absolute Gasteiger partial charge is 0.495 e. The number of quaternary nitrogens is 1. The van der Waals surface area contributed by atoms with E-state index < -0.39 is 5.66 Å². The molecular formula is C14H23N3O3+2. The Morgan fingerprint density at radius 1 is 1.50 bits per heavy atom. The number of hydroxylamine groups is 4. The van der Waals surface area contributed by atoms with E-state index in [0.29, 0.717) is 6.54 Å². The summed E-state index contributed by atoms with van der Waals surface area (Å²) in [5.74, 6) is -0.0562. The molecule has 1 aromatic heterocycles. The van der Waals surface area contributed by atoms with E-state index in [2.05, 4.69) is 23.4 Å². The summed E-state index contributed by atoms with van der Waals surface area (Å²) in [6.45, 7) is 8.05. The number of aryl methyl sites for hydroxylation is 1. The van der Waals surface area contributed by atoms with Gasteiger partial charge in [0.25, 0.3) is 6.04 Å². The van der Waals surface area contributed by atoms with Gasteiger partial charge >= 0.3 is 5.66 Å². The first-order valence-electron chi connectivity index (χ1n) is 6.54. The van der Waals surface area contributed by atoms with Crippen molar-refractivity contribution in [3.05, 3.63) is 42.6 Å². The van der Waals surface area contributed by atoms with Gasteiger partial charge in [-0.3, -0.25) is 0 Å². The monoisotopic (exact) mass is 281 g/mol. The van der Waals surface area contributed by atoms with Crippen LogP contribution in [0.4, 0.5) is 0 Å². The average molecular weight is 281 g/mol. The summed E-state index contributed by atoms with van der Waals surface area (Å²) in [4.78, 5) is 11.3. The highest BCUT2D eigenvalue weighted by Gasteiger charge is 2.91. The van der Waals surface area contributed by atoms with E-state index in [1.807, 2.05) is 31.3 Å². The van der Waals surface area contributed by atoms with Gasteiger partial charge in [-0.05, 0) is 6.58 Å². The second-order valence-corrected chi connectivity index (χ2v) is 5.11. The van der Waals surface area contributed by atoms with Crippen molar-refractivity contribution in [2.45, 2.75) is 25.6 Å². The molecule has 6 heteroatoms. The molecule has 0 aliphatic carbocycles. The van der Waals surface area contributed by atoms with Crippen LogP contribution in [0.25, 0.3) is 0 Å². The van der Waals surface area contributed by atoms with E-state index in [0.717, 1.165) is 5.69 Å². The lowest BCUT2D eigenvalue weighted by molar-refractivity contribution is -1.23. The third-order valence-electron chi connectivity index (χ3n) is 4.20. The van der Waals surface area contributed by atoms with Gasteiger partial charge < -0.3 is 10.4 Å². The fourth-order valence-corrected chi connectivity index (χ4v) is 3.13. The maximum atomic E-state index is 9.24. The number of hydrogen-bond acceptors (Lipinski definition) is 4. The van der Waals surface area contributed by atoms with Crippen LogP contribution in [0.1, 0.15) is 12.6 Å². The number of pyridine rings is 1. The molecule has 1 aliphatic rings. The molecule has 1 aromatic rings. The van der Waals surface area contributed by atoms with Crippen molar-refractivity contribution in [3.8, 4) is 0 Å². The summed E-state index contributed by atoms with van der Waals surface area (Å²) < 4.78 is 2.13. The quantitative estimate of drug-likeness (QED) is 0.352. The van der Waals surface area contributed by atoms with E-state index in [9.17, 15) is 5.11 Å². The van der Waals surface area contributed by atoms with Gasteiger partial charge in [0.2, 0.25) is 0 Å². The lowest BCUT2D eigenvalue weighted by atomic mass is 10.2. The molecule has 1 aliphatic heterocycles. The van der Waals surface area contributed by atoms with E-state index in [-0.39, 0.29) is 16.7 Å². The van der Waals surface area contributed by atoms with Gasteiger partial charge in [0.05, 0.1) is 27.7 Å². The van der Waals surface area contributed by atoms with Crippen molar-refractivity contribution in [1.29, 1.82) is 0 Å². The zero-order valence-electron chi connectivity index (χ0n) is 12.5. The van der Waals surface area contributed by atoms with E-state index in [4.69, 9.17) is 9.68 Å². The van der Waals surface area contributed by atoms with Gasteiger partial charge in [0.1, 0.15) is 0 Å². The van der Waals surface area contributed by atoms with Crippen LogP contribution in [0.5, 0.6) is 0 Å². The van der Waals surface area contributed by atoms with E-state index in [1.54, 1.807) is 14.2 Å². The minimum atomic E-state index is -0.405. The predicted octanol–water partition coefficient (Wildman–Crippen LogP) is 0.896. The number of aliphatic hydroxyl groups excluding tert-OH is 1. The molecule has 0 spiro atoms. The number of aromatic nitrogens is 1. The van der Waals surface area contributed by atoms with Crippen LogP contribution in [-0.4, -0.2) is 36.7 Å². The highest BCUT2D eigenvalue weighted by Crippen LogP contribution is 2.51. The second-order valence-electron chi connectivity index (χ2n) is 5.11. The molecule has 1 fully saturated rings. The summed E-state index contributed by atoms with van der Waals surface area (Å²) in [5.41, 5.74) is 0.703. The molecule has 0 amide bonds. The predicted molar refractivity (Wildman–Crippen MR) is 72.9 cm³/mol. The van der Waals surface area contributed by atoms with Crippen LogP contribution in [-0.2, 0) is 15.3 Å². The molecule has 0 aromatic carbocycles. The summed E-state index contributed by atoms with van der Waals surface area (Å²) in [5, 5.41) is 12.1. The third-order valence-corrected chi connectivity index (χ3v) is 4.20. The summed E-state index contributed by atoms with van der Waals surface area (Å²) in [6.07, 6.45) is 2.01. The van der Waals surface area contributed by atoms with Gasteiger partial charge in [-0.25, -0.2) is 0 Å². The van der Waals surface area contributed by atoms with Crippen molar-refractivity contribution in [1.82, 2.24) is 5.32 Å². The first-order chi connectivity index (χ1) is 9.44. The highest BCUT2D eigenvalue weighted by atomic mass is 17.0. The summed E-state index contributed by atoms with van der Waals surface area (Å²) in [7, 11) is 3.24. The van der Waals surface area contributed by atoms with E-state index in [1.165, 1.54) is 0 Å². The molecule has 2 rings (SSSR count). The van der Waals surface area contributed by atoms with Gasteiger partial charge in [-0.15, -0.1) is 4.57 Å². The fraction of sp³-hybridized carbons (Fsp3) is 0.500. The molecule has 2 atom stereocenters. The first kappa shape index (κ1) is 14.8. The molecule has 2 N–H and O–H groups in total. The number of rotatable bonds is 6. The smallest absolute Gasteiger partial charge is 0.411 e. The van der Waals surface area contributed by atoms with Crippen LogP contribution in [0.3, 0.4) is 0 Å². The van der Waals surface area contributed by atoms with Gasteiger partial charge in [0, 0.05) is 23.9 Å². The highest BCUT2D eigenvalue weighted by molar-refractivity contribution is 4.97. The zero-order valence-corrected chi connectivity index (χ0v) is 12.5. The lowest BCUT2D eigenvalue weighted by Gasteiger charge is -2.13. The number of nitrogens with one attached hydrogen (secondary N) is 1. The van der Waals surface area contributed by atoms with Crippen LogP contribution in [0.2, 0.25) is 0 Å². The minimum absolute atomic E-state index is 0.00694. The van der Waals surface area contributed by atoms with Crippen molar-refractivity contribution in [3.63, 3.8) is 0 Å². The molecule has 0 bridgehead atoms. The topological polar surface area (TPSA) is 54.6 Å². The number of hydrogen-bond donors (Lipinski definition) is 2. The first-order valence-corrected chi connectivity index (χ1v) is 6.54. The lowest BCUT2D eigenvalue weighted by Crippen LogP contribution is -2.54. The maximum absolute atomic E-state index is 9.24. The second kappa shape index (κ2) is 5.05. The van der Waals surface area contributed by atoms with Crippen LogP contribution < -0.4 is 9.88 Å². The Morgan fingerprint density at radius 3 is 2.65 bits per heavy atom. The van der Waals surface area contributed by atoms with Crippen LogP contribution >= 0.6 is 0 Å². The Bertz CT molecular complexity index is 516. The standard InChI is InChI=1S/C14H22N3O3/c1-11-8-6-7-9-16(11)14(3)13(10-15-12(2)18)17(14,19-4)20-5/h6-9,13,15H,2,10H2,1,3-5H3/q+1/p+1. The number of nitrogens with zero attached hydrogens (tertiary/aromatic N) is 2. The van der Waals surface area contributed by atoms with Crippen LogP contribution in [0.15, 0.2) is 36.9 Å². The molecule has 0 radical (unpaired) electrons.